The fourth-order valence-electron chi connectivity index (χ4n) is 2.63. The molecular formula is C20H26N2O3S. The zero-order valence-corrected chi connectivity index (χ0v) is 16.2. The zero-order valence-electron chi connectivity index (χ0n) is 15.4. The first kappa shape index (κ1) is 20.1. The predicted molar refractivity (Wildman–Crippen MR) is 104 cm³/mol. The van der Waals surface area contributed by atoms with Crippen molar-refractivity contribution < 1.29 is 13.2 Å². The number of amides is 1. The largest absolute Gasteiger partial charge is 0.345 e. The molecule has 140 valence electrons. The molecule has 2 unspecified atom stereocenters. The topological polar surface area (TPSA) is 89.3 Å². The van der Waals surface area contributed by atoms with E-state index < -0.39 is 15.9 Å². The minimum absolute atomic E-state index is 0.0489. The molecule has 0 radical (unpaired) electrons. The summed E-state index contributed by atoms with van der Waals surface area (Å²) in [5, 5.41) is 3.01. The van der Waals surface area contributed by atoms with Gasteiger partial charge in [0.25, 0.3) is 0 Å². The van der Waals surface area contributed by atoms with Gasteiger partial charge in [0.1, 0.15) is 0 Å². The van der Waals surface area contributed by atoms with Gasteiger partial charge in [-0.25, -0.2) is 8.42 Å². The lowest BCUT2D eigenvalue weighted by molar-refractivity contribution is -0.121. The second kappa shape index (κ2) is 8.47. The van der Waals surface area contributed by atoms with Crippen molar-refractivity contribution in [3.63, 3.8) is 0 Å². The van der Waals surface area contributed by atoms with Gasteiger partial charge >= 0.3 is 0 Å². The Labute approximate surface area is 155 Å². The van der Waals surface area contributed by atoms with Gasteiger partial charge in [0.15, 0.2) is 9.84 Å². The summed E-state index contributed by atoms with van der Waals surface area (Å²) in [5.41, 5.74) is 8.47. The third-order valence-corrected chi connectivity index (χ3v) is 5.27. The van der Waals surface area contributed by atoms with Crippen LogP contribution in [-0.2, 0) is 14.6 Å². The molecule has 0 saturated carbocycles. The van der Waals surface area contributed by atoms with E-state index in [-0.39, 0.29) is 16.8 Å². The van der Waals surface area contributed by atoms with Crippen molar-refractivity contribution in [3.8, 4) is 0 Å². The Morgan fingerprint density at radius 3 is 2.35 bits per heavy atom. The Bertz CT molecular complexity index is 859. The Morgan fingerprint density at radius 2 is 1.77 bits per heavy atom. The maximum Gasteiger partial charge on any atom is 0.220 e. The summed E-state index contributed by atoms with van der Waals surface area (Å²) in [5.74, 6) is -0.113. The molecule has 0 aliphatic rings. The number of carbonyl (C=O) groups excluding carboxylic acids is 1. The van der Waals surface area contributed by atoms with Gasteiger partial charge < -0.3 is 11.1 Å². The Kier molecular flexibility index (Phi) is 6.56. The van der Waals surface area contributed by atoms with Gasteiger partial charge in [0.05, 0.1) is 10.9 Å². The van der Waals surface area contributed by atoms with Crippen LogP contribution in [0.5, 0.6) is 0 Å². The quantitative estimate of drug-likeness (QED) is 0.780. The van der Waals surface area contributed by atoms with Crippen LogP contribution in [0.25, 0.3) is 0 Å². The minimum atomic E-state index is -3.33. The maximum absolute atomic E-state index is 12.4. The van der Waals surface area contributed by atoms with Crippen LogP contribution in [0.4, 0.5) is 0 Å². The summed E-state index contributed by atoms with van der Waals surface area (Å²) in [6.45, 7) is 3.85. The second-order valence-corrected chi connectivity index (χ2v) is 8.79. The first-order chi connectivity index (χ1) is 12.2. The highest BCUT2D eigenvalue weighted by Gasteiger charge is 2.19. The van der Waals surface area contributed by atoms with Crippen molar-refractivity contribution >= 4 is 15.7 Å². The number of rotatable bonds is 7. The number of nitrogens with two attached hydrogens (primary N) is 1. The number of aryl methyl sites for hydroxylation is 1. The second-order valence-electron chi connectivity index (χ2n) is 6.77. The van der Waals surface area contributed by atoms with Gasteiger partial charge in [-0.15, -0.1) is 0 Å². The van der Waals surface area contributed by atoms with E-state index in [9.17, 15) is 13.2 Å². The summed E-state index contributed by atoms with van der Waals surface area (Å²) in [4.78, 5) is 12.6. The molecule has 0 heterocycles. The van der Waals surface area contributed by atoms with Crippen molar-refractivity contribution in [2.24, 2.45) is 5.73 Å². The Balaban J connectivity index is 2.37. The molecule has 0 aliphatic heterocycles. The number of nitrogens with one attached hydrogen (secondary N) is 1. The molecule has 6 heteroatoms. The van der Waals surface area contributed by atoms with Gasteiger partial charge in [0, 0.05) is 18.7 Å². The number of sulfone groups is 1. The Hall–Kier alpha value is -2.18. The smallest absolute Gasteiger partial charge is 0.220 e. The SMILES string of the molecule is Cc1ccc(C(NC(=O)CCC(C)N)c2cccc(S(C)(=O)=O)c2)cc1. The van der Waals surface area contributed by atoms with E-state index in [1.54, 1.807) is 18.2 Å². The lowest BCUT2D eigenvalue weighted by atomic mass is 9.97. The van der Waals surface area contributed by atoms with Crippen LogP contribution in [0.15, 0.2) is 53.4 Å². The number of hydrogen-bond donors (Lipinski definition) is 2. The van der Waals surface area contributed by atoms with E-state index in [2.05, 4.69) is 5.32 Å². The van der Waals surface area contributed by atoms with Gasteiger partial charge in [-0.05, 0) is 43.5 Å². The summed E-state index contributed by atoms with van der Waals surface area (Å²) in [6.07, 6.45) is 2.09. The van der Waals surface area contributed by atoms with Crippen LogP contribution in [-0.4, -0.2) is 26.6 Å². The molecule has 2 aromatic rings. The molecule has 0 bridgehead atoms. The maximum atomic E-state index is 12.4. The fourth-order valence-corrected chi connectivity index (χ4v) is 3.31. The Morgan fingerprint density at radius 1 is 1.12 bits per heavy atom. The minimum Gasteiger partial charge on any atom is -0.345 e. The van der Waals surface area contributed by atoms with E-state index in [4.69, 9.17) is 5.73 Å². The van der Waals surface area contributed by atoms with Crippen LogP contribution in [0, 0.1) is 6.92 Å². The highest BCUT2D eigenvalue weighted by atomic mass is 32.2. The van der Waals surface area contributed by atoms with Crippen LogP contribution < -0.4 is 11.1 Å². The lowest BCUT2D eigenvalue weighted by Gasteiger charge is -2.21. The third-order valence-electron chi connectivity index (χ3n) is 4.16. The fraction of sp³-hybridized carbons (Fsp3) is 0.350. The molecule has 0 aromatic heterocycles. The molecule has 2 atom stereocenters. The summed E-state index contributed by atoms with van der Waals surface area (Å²) in [6, 6.07) is 14.1. The van der Waals surface area contributed by atoms with E-state index in [1.807, 2.05) is 44.2 Å². The molecule has 26 heavy (non-hydrogen) atoms. The van der Waals surface area contributed by atoms with Crippen LogP contribution in [0.1, 0.15) is 42.5 Å². The van der Waals surface area contributed by atoms with E-state index in [1.165, 1.54) is 6.26 Å². The molecule has 0 saturated heterocycles. The molecular weight excluding hydrogens is 348 g/mol. The average Bonchev–Trinajstić information content (AvgIpc) is 2.58. The molecule has 0 aliphatic carbocycles. The summed E-state index contributed by atoms with van der Waals surface area (Å²) >= 11 is 0. The first-order valence-corrected chi connectivity index (χ1v) is 10.5. The zero-order chi connectivity index (χ0) is 19.3. The predicted octanol–water partition coefficient (Wildman–Crippen LogP) is 2.73. The van der Waals surface area contributed by atoms with E-state index in [0.29, 0.717) is 12.8 Å². The molecule has 1 amide bonds. The molecule has 2 rings (SSSR count). The highest BCUT2D eigenvalue weighted by molar-refractivity contribution is 7.90. The van der Waals surface area contributed by atoms with Gasteiger partial charge in [-0.3, -0.25) is 4.79 Å². The highest BCUT2D eigenvalue weighted by Crippen LogP contribution is 2.25. The van der Waals surface area contributed by atoms with Gasteiger partial charge in [-0.2, -0.15) is 0 Å². The first-order valence-electron chi connectivity index (χ1n) is 8.58. The van der Waals surface area contributed by atoms with Crippen LogP contribution >= 0.6 is 0 Å². The van der Waals surface area contributed by atoms with Crippen molar-refractivity contribution in [2.75, 3.05) is 6.26 Å². The number of benzene rings is 2. The van der Waals surface area contributed by atoms with Crippen molar-refractivity contribution in [1.82, 2.24) is 5.32 Å². The number of hydrogen-bond acceptors (Lipinski definition) is 4. The summed E-state index contributed by atoms with van der Waals surface area (Å²) in [7, 11) is -3.33. The molecule has 3 N–H and O–H groups in total. The van der Waals surface area contributed by atoms with Crippen LogP contribution in [0.2, 0.25) is 0 Å². The standard InChI is InChI=1S/C20H26N2O3S/c1-14-7-10-16(11-8-14)20(22-19(23)12-9-15(2)21)17-5-4-6-18(13-17)26(3,24)25/h4-8,10-11,13,15,20H,9,12,21H2,1-3H3,(H,22,23). The van der Waals surface area contributed by atoms with Gasteiger partial charge in [0.2, 0.25) is 5.91 Å². The molecule has 0 fully saturated rings. The number of carbonyl (C=O) groups is 1. The van der Waals surface area contributed by atoms with E-state index in [0.717, 1.165) is 16.7 Å². The molecule has 5 nitrogen and oxygen atoms in total. The van der Waals surface area contributed by atoms with E-state index >= 15 is 0 Å². The van der Waals surface area contributed by atoms with Crippen molar-refractivity contribution in [1.29, 1.82) is 0 Å². The molecule has 0 spiro atoms. The molecule has 2 aromatic carbocycles. The summed E-state index contributed by atoms with van der Waals surface area (Å²) < 4.78 is 23.8. The van der Waals surface area contributed by atoms with Crippen molar-refractivity contribution in [2.45, 2.75) is 43.7 Å². The third kappa shape index (κ3) is 5.68. The lowest BCUT2D eigenvalue weighted by Crippen LogP contribution is -2.30. The monoisotopic (exact) mass is 374 g/mol. The van der Waals surface area contributed by atoms with Crippen LogP contribution in [0.3, 0.4) is 0 Å². The van der Waals surface area contributed by atoms with Gasteiger partial charge in [-0.1, -0.05) is 42.0 Å². The van der Waals surface area contributed by atoms with Crippen molar-refractivity contribution in [3.05, 3.63) is 65.2 Å². The normalized spacial score (nSPS) is 13.8. The average molecular weight is 375 g/mol.